The van der Waals surface area contributed by atoms with Crippen LogP contribution in [0.15, 0.2) is 5.38 Å². The third kappa shape index (κ3) is 2.38. The zero-order valence-corrected chi connectivity index (χ0v) is 15.0. The van der Waals surface area contributed by atoms with Crippen molar-refractivity contribution in [2.75, 3.05) is 26.8 Å². The number of hydrogen-bond donors (Lipinski definition) is 0. The van der Waals surface area contributed by atoms with E-state index in [0.29, 0.717) is 22.3 Å². The Kier molecular flexibility index (Phi) is 3.84. The Morgan fingerprint density at radius 1 is 1.55 bits per heavy atom. The molecule has 1 aliphatic carbocycles. The second-order valence-electron chi connectivity index (χ2n) is 7.93. The summed E-state index contributed by atoms with van der Waals surface area (Å²) in [6.07, 6.45) is 1.14. The lowest BCUT2D eigenvalue weighted by molar-refractivity contribution is -0.107. The highest BCUT2D eigenvalue weighted by Gasteiger charge is 2.63. The van der Waals surface area contributed by atoms with Crippen molar-refractivity contribution in [2.45, 2.75) is 40.0 Å². The number of thiazole rings is 1. The number of likely N-dealkylation sites (tertiary alicyclic amines) is 1. The topological polar surface area (TPSA) is 42.4 Å². The van der Waals surface area contributed by atoms with Crippen molar-refractivity contribution in [3.63, 3.8) is 0 Å². The first-order chi connectivity index (χ1) is 10.3. The molecule has 0 spiro atoms. The molecule has 0 radical (unpaired) electrons. The van der Waals surface area contributed by atoms with Crippen molar-refractivity contribution >= 4 is 17.2 Å². The molecule has 0 N–H and O–H groups in total. The molecule has 2 aliphatic rings. The smallest absolute Gasteiger partial charge is 0.282 e. The minimum atomic E-state index is 0.0950. The SMILES string of the molecule is COC[C@@]12CN(C(=O)c3nc(C(C)C)cs3)C[C@@H]1C(C)(C)C2. The van der Waals surface area contributed by atoms with Crippen LogP contribution in [0.5, 0.6) is 0 Å². The predicted octanol–water partition coefficient (Wildman–Crippen LogP) is 3.40. The summed E-state index contributed by atoms with van der Waals surface area (Å²) in [5.41, 5.74) is 1.48. The maximum absolute atomic E-state index is 12.8. The average molecular weight is 322 g/mol. The number of hydrogen-bond acceptors (Lipinski definition) is 4. The van der Waals surface area contributed by atoms with E-state index in [-0.39, 0.29) is 11.3 Å². The van der Waals surface area contributed by atoms with Gasteiger partial charge in [0.1, 0.15) is 0 Å². The van der Waals surface area contributed by atoms with Crippen LogP contribution in [-0.2, 0) is 4.74 Å². The van der Waals surface area contributed by atoms with Gasteiger partial charge in [0.2, 0.25) is 0 Å². The Labute approximate surface area is 136 Å². The fourth-order valence-corrected chi connectivity index (χ4v) is 5.49. The number of carbonyl (C=O) groups excluding carboxylic acids is 1. The molecule has 122 valence electrons. The molecular weight excluding hydrogens is 296 g/mol. The van der Waals surface area contributed by atoms with Crippen LogP contribution in [0.25, 0.3) is 0 Å². The first kappa shape index (κ1) is 15.9. The van der Waals surface area contributed by atoms with E-state index in [2.05, 4.69) is 32.7 Å². The van der Waals surface area contributed by atoms with E-state index in [9.17, 15) is 4.79 Å². The molecule has 1 amide bonds. The van der Waals surface area contributed by atoms with Crippen molar-refractivity contribution in [3.05, 3.63) is 16.1 Å². The number of carbonyl (C=O) groups is 1. The van der Waals surface area contributed by atoms with Gasteiger partial charge in [0.15, 0.2) is 5.01 Å². The third-order valence-corrected chi connectivity index (χ3v) is 6.26. The average Bonchev–Trinajstić information content (AvgIpc) is 3.01. The van der Waals surface area contributed by atoms with Crippen LogP contribution in [0, 0.1) is 16.7 Å². The van der Waals surface area contributed by atoms with Crippen LogP contribution in [-0.4, -0.2) is 42.6 Å². The van der Waals surface area contributed by atoms with Gasteiger partial charge in [-0.3, -0.25) is 4.79 Å². The van der Waals surface area contributed by atoms with E-state index in [4.69, 9.17) is 4.74 Å². The highest BCUT2D eigenvalue weighted by molar-refractivity contribution is 7.11. The van der Waals surface area contributed by atoms with Gasteiger partial charge in [-0.2, -0.15) is 0 Å². The number of ether oxygens (including phenoxy) is 1. The summed E-state index contributed by atoms with van der Waals surface area (Å²) in [5.74, 6) is 0.998. The zero-order valence-electron chi connectivity index (χ0n) is 14.2. The number of fused-ring (bicyclic) bond motifs is 1. The quantitative estimate of drug-likeness (QED) is 0.853. The summed E-state index contributed by atoms with van der Waals surface area (Å²) in [6.45, 7) is 11.2. The summed E-state index contributed by atoms with van der Waals surface area (Å²) < 4.78 is 5.46. The molecule has 0 unspecified atom stereocenters. The van der Waals surface area contributed by atoms with E-state index in [1.54, 1.807) is 7.11 Å². The largest absolute Gasteiger partial charge is 0.384 e. The number of rotatable bonds is 4. The monoisotopic (exact) mass is 322 g/mol. The lowest BCUT2D eigenvalue weighted by atomic mass is 9.48. The van der Waals surface area contributed by atoms with E-state index in [0.717, 1.165) is 31.8 Å². The molecule has 2 heterocycles. The van der Waals surface area contributed by atoms with Gasteiger partial charge in [-0.15, -0.1) is 11.3 Å². The molecule has 1 aromatic rings. The van der Waals surface area contributed by atoms with E-state index in [1.807, 2.05) is 10.3 Å². The number of aromatic nitrogens is 1. The molecule has 1 saturated carbocycles. The van der Waals surface area contributed by atoms with Gasteiger partial charge in [0.05, 0.1) is 12.3 Å². The Balaban J connectivity index is 1.77. The third-order valence-electron chi connectivity index (χ3n) is 5.41. The van der Waals surface area contributed by atoms with Gasteiger partial charge >= 0.3 is 0 Å². The minimum absolute atomic E-state index is 0.0950. The van der Waals surface area contributed by atoms with Gasteiger partial charge < -0.3 is 9.64 Å². The molecule has 0 bridgehead atoms. The predicted molar refractivity (Wildman–Crippen MR) is 88.3 cm³/mol. The molecule has 4 nitrogen and oxygen atoms in total. The summed E-state index contributed by atoms with van der Waals surface area (Å²) in [6, 6.07) is 0. The second-order valence-corrected chi connectivity index (χ2v) is 8.79. The van der Waals surface area contributed by atoms with Crippen molar-refractivity contribution < 1.29 is 9.53 Å². The second kappa shape index (κ2) is 5.31. The van der Waals surface area contributed by atoms with E-state index >= 15 is 0 Å². The number of methoxy groups -OCH3 is 1. The fourth-order valence-electron chi connectivity index (χ4n) is 4.55. The molecule has 1 aliphatic heterocycles. The molecule has 2 atom stereocenters. The summed E-state index contributed by atoms with van der Waals surface area (Å²) in [7, 11) is 1.76. The molecule has 22 heavy (non-hydrogen) atoms. The number of nitrogens with zero attached hydrogens (tertiary/aromatic N) is 2. The summed E-state index contributed by atoms with van der Waals surface area (Å²) in [4.78, 5) is 19.3. The first-order valence-electron chi connectivity index (χ1n) is 8.03. The van der Waals surface area contributed by atoms with Crippen molar-refractivity contribution in [2.24, 2.45) is 16.7 Å². The summed E-state index contributed by atoms with van der Waals surface area (Å²) in [5, 5.41) is 2.65. The van der Waals surface area contributed by atoms with Crippen molar-refractivity contribution in [3.8, 4) is 0 Å². The van der Waals surface area contributed by atoms with E-state index in [1.165, 1.54) is 11.3 Å². The Morgan fingerprint density at radius 2 is 2.27 bits per heavy atom. The highest BCUT2D eigenvalue weighted by atomic mass is 32.1. The lowest BCUT2D eigenvalue weighted by Crippen LogP contribution is -2.55. The summed E-state index contributed by atoms with van der Waals surface area (Å²) >= 11 is 1.47. The first-order valence-corrected chi connectivity index (χ1v) is 8.91. The van der Waals surface area contributed by atoms with Crippen LogP contribution >= 0.6 is 11.3 Å². The van der Waals surface area contributed by atoms with Crippen LogP contribution in [0.1, 0.15) is 55.5 Å². The van der Waals surface area contributed by atoms with Crippen LogP contribution in [0.2, 0.25) is 0 Å². The Morgan fingerprint density at radius 3 is 2.82 bits per heavy atom. The van der Waals surface area contributed by atoms with Crippen molar-refractivity contribution in [1.82, 2.24) is 9.88 Å². The number of amides is 1. The highest BCUT2D eigenvalue weighted by Crippen LogP contribution is 2.62. The van der Waals surface area contributed by atoms with Gasteiger partial charge in [-0.1, -0.05) is 27.7 Å². The van der Waals surface area contributed by atoms with Gasteiger partial charge in [-0.25, -0.2) is 4.98 Å². The molecular formula is C17H26N2O2S. The van der Waals surface area contributed by atoms with Gasteiger partial charge in [0, 0.05) is 31.0 Å². The Bertz CT molecular complexity index is 581. The zero-order chi connectivity index (χ0) is 16.1. The van der Waals surface area contributed by atoms with Gasteiger partial charge in [-0.05, 0) is 23.7 Å². The normalized spacial score (nSPS) is 29.5. The van der Waals surface area contributed by atoms with Crippen LogP contribution in [0.3, 0.4) is 0 Å². The maximum atomic E-state index is 12.8. The van der Waals surface area contributed by atoms with E-state index < -0.39 is 0 Å². The van der Waals surface area contributed by atoms with Gasteiger partial charge in [0.25, 0.3) is 5.91 Å². The molecule has 2 fully saturated rings. The molecule has 5 heteroatoms. The van der Waals surface area contributed by atoms with Crippen LogP contribution in [0.4, 0.5) is 0 Å². The Hall–Kier alpha value is -0.940. The maximum Gasteiger partial charge on any atom is 0.282 e. The molecule has 1 saturated heterocycles. The minimum Gasteiger partial charge on any atom is -0.384 e. The van der Waals surface area contributed by atoms with Crippen LogP contribution < -0.4 is 0 Å². The molecule has 1 aromatic heterocycles. The lowest BCUT2D eigenvalue weighted by Gasteiger charge is -2.56. The molecule has 3 rings (SSSR count). The molecule has 0 aromatic carbocycles. The standard InChI is InChI=1S/C17H26N2O2S/c1-11(2)12-7-22-14(18-12)15(20)19-6-13-16(3,4)8-17(13,9-19)10-21-5/h7,11,13H,6,8-10H2,1-5H3/t13-,17-/m1/s1. The fraction of sp³-hybridized carbons (Fsp3) is 0.765. The van der Waals surface area contributed by atoms with Crippen molar-refractivity contribution in [1.29, 1.82) is 0 Å².